The van der Waals surface area contributed by atoms with E-state index in [4.69, 9.17) is 0 Å². The molecule has 8 nitrogen and oxygen atoms in total. The van der Waals surface area contributed by atoms with Gasteiger partial charge in [0.25, 0.3) is 5.91 Å². The SMILES string of the molecule is CC(C)(C)S(=O)(=O)Nc1ccc(C(F)(F)F)cc1C(=O)NC1CC2CC[C@H](C1)N2S(C)(=O)=O. The number of carbonyl (C=O) groups is 1. The summed E-state index contributed by atoms with van der Waals surface area (Å²) in [6.45, 7) is 4.26. The van der Waals surface area contributed by atoms with Crippen LogP contribution in [-0.2, 0) is 26.2 Å². The van der Waals surface area contributed by atoms with Crippen LogP contribution in [0.4, 0.5) is 18.9 Å². The molecule has 2 aliphatic heterocycles. The lowest BCUT2D eigenvalue weighted by molar-refractivity contribution is -0.137. The fourth-order valence-electron chi connectivity index (χ4n) is 4.35. The third-order valence-corrected chi connectivity index (χ3v) is 9.49. The Hall–Kier alpha value is -1.86. The lowest BCUT2D eigenvalue weighted by Gasteiger charge is -2.37. The van der Waals surface area contributed by atoms with Crippen LogP contribution in [0.3, 0.4) is 0 Å². The summed E-state index contributed by atoms with van der Waals surface area (Å²) in [5.41, 5.74) is -1.79. The highest BCUT2D eigenvalue weighted by molar-refractivity contribution is 7.94. The largest absolute Gasteiger partial charge is 0.416 e. The van der Waals surface area contributed by atoms with Gasteiger partial charge >= 0.3 is 6.18 Å². The molecule has 3 atom stereocenters. The highest BCUT2D eigenvalue weighted by Crippen LogP contribution is 2.38. The second kappa shape index (κ2) is 8.42. The Balaban J connectivity index is 1.89. The zero-order chi connectivity index (χ0) is 25.0. The van der Waals surface area contributed by atoms with Crippen LogP contribution in [-0.4, -0.2) is 56.2 Å². The summed E-state index contributed by atoms with van der Waals surface area (Å²) >= 11 is 0. The molecule has 2 N–H and O–H groups in total. The number of sulfonamides is 2. The van der Waals surface area contributed by atoms with Gasteiger partial charge in [0.1, 0.15) is 0 Å². The molecule has 2 aliphatic rings. The van der Waals surface area contributed by atoms with E-state index in [0.29, 0.717) is 37.8 Å². The number of halogens is 3. The maximum Gasteiger partial charge on any atom is 0.416 e. The smallest absolute Gasteiger partial charge is 0.349 e. The van der Waals surface area contributed by atoms with Crippen molar-refractivity contribution < 1.29 is 34.8 Å². The summed E-state index contributed by atoms with van der Waals surface area (Å²) in [7, 11) is -7.41. The van der Waals surface area contributed by atoms with Crippen LogP contribution in [0, 0.1) is 0 Å². The number of benzene rings is 1. The number of hydrogen-bond acceptors (Lipinski definition) is 5. The standard InChI is InChI=1S/C20H28F3N3O5S2/c1-19(2,3)33(30,31)25-17-8-5-12(20(21,22)23)9-16(17)18(27)24-13-10-14-6-7-15(11-13)26(14)32(4,28)29/h5,8-9,13-15,25H,6-7,10-11H2,1-4H3,(H,24,27)/t13?,14-,15?/m1/s1. The van der Waals surface area contributed by atoms with Gasteiger partial charge < -0.3 is 5.32 Å². The monoisotopic (exact) mass is 511 g/mol. The van der Waals surface area contributed by atoms with Gasteiger partial charge in [-0.05, 0) is 64.7 Å². The van der Waals surface area contributed by atoms with Crippen LogP contribution in [0.15, 0.2) is 18.2 Å². The number of nitrogens with zero attached hydrogens (tertiary/aromatic N) is 1. The zero-order valence-corrected chi connectivity index (χ0v) is 20.4. The van der Waals surface area contributed by atoms with Crippen LogP contribution in [0.2, 0.25) is 0 Å². The Bertz CT molecular complexity index is 1130. The zero-order valence-electron chi connectivity index (χ0n) is 18.7. The molecular weight excluding hydrogens is 483 g/mol. The highest BCUT2D eigenvalue weighted by atomic mass is 32.2. The minimum Gasteiger partial charge on any atom is -0.349 e. The number of alkyl halides is 3. The summed E-state index contributed by atoms with van der Waals surface area (Å²) in [6.07, 6.45) is -1.65. The average molecular weight is 512 g/mol. The van der Waals surface area contributed by atoms with E-state index in [1.165, 1.54) is 25.1 Å². The Morgan fingerprint density at radius 1 is 1.03 bits per heavy atom. The fraction of sp³-hybridized carbons (Fsp3) is 0.650. The molecule has 33 heavy (non-hydrogen) atoms. The molecule has 2 heterocycles. The van der Waals surface area contributed by atoms with Gasteiger partial charge in [-0.2, -0.15) is 17.5 Å². The fourth-order valence-corrected chi connectivity index (χ4v) is 6.59. The predicted octanol–water partition coefficient (Wildman–Crippen LogP) is 2.93. The molecule has 0 spiro atoms. The molecule has 2 saturated heterocycles. The summed E-state index contributed by atoms with van der Waals surface area (Å²) in [6, 6.07) is 1.23. The Kier molecular flexibility index (Phi) is 6.57. The number of piperidine rings is 1. The molecule has 2 fully saturated rings. The van der Waals surface area contributed by atoms with Gasteiger partial charge in [-0.3, -0.25) is 9.52 Å². The van der Waals surface area contributed by atoms with Crippen LogP contribution in [0.25, 0.3) is 0 Å². The molecule has 0 radical (unpaired) electrons. The van der Waals surface area contributed by atoms with Crippen molar-refractivity contribution in [2.45, 2.75) is 75.5 Å². The number of carbonyl (C=O) groups excluding carboxylic acids is 1. The predicted molar refractivity (Wildman–Crippen MR) is 118 cm³/mol. The van der Waals surface area contributed by atoms with Crippen molar-refractivity contribution in [1.29, 1.82) is 0 Å². The molecule has 0 saturated carbocycles. The third kappa shape index (κ3) is 5.46. The Labute approximate surface area is 192 Å². The topological polar surface area (TPSA) is 113 Å². The van der Waals surface area contributed by atoms with Crippen LogP contribution >= 0.6 is 0 Å². The first-order valence-electron chi connectivity index (χ1n) is 10.4. The summed E-state index contributed by atoms with van der Waals surface area (Å²) in [4.78, 5) is 13.0. The van der Waals surface area contributed by atoms with E-state index in [9.17, 15) is 34.8 Å². The second-order valence-corrected chi connectivity index (χ2v) is 13.9. The van der Waals surface area contributed by atoms with Gasteiger partial charge in [-0.15, -0.1) is 0 Å². The van der Waals surface area contributed by atoms with Crippen molar-refractivity contribution in [3.8, 4) is 0 Å². The van der Waals surface area contributed by atoms with E-state index < -0.39 is 54.0 Å². The number of anilines is 1. The van der Waals surface area contributed by atoms with Gasteiger partial charge in [0.15, 0.2) is 0 Å². The maximum absolute atomic E-state index is 13.3. The normalized spacial score (nSPS) is 24.5. The van der Waals surface area contributed by atoms with E-state index in [2.05, 4.69) is 10.0 Å². The van der Waals surface area contributed by atoms with E-state index in [1.807, 2.05) is 0 Å². The first-order chi connectivity index (χ1) is 14.9. The minimum atomic E-state index is -4.73. The van der Waals surface area contributed by atoms with Gasteiger partial charge in [0.05, 0.1) is 27.8 Å². The molecule has 13 heteroatoms. The highest BCUT2D eigenvalue weighted by Gasteiger charge is 2.45. The molecule has 2 bridgehead atoms. The third-order valence-electron chi connectivity index (χ3n) is 6.03. The molecular formula is C20H28F3N3O5S2. The molecule has 1 aromatic carbocycles. The van der Waals surface area contributed by atoms with Crippen LogP contribution in [0.1, 0.15) is 62.4 Å². The second-order valence-electron chi connectivity index (χ2n) is 9.60. The molecule has 1 amide bonds. The van der Waals surface area contributed by atoms with Crippen molar-refractivity contribution in [3.63, 3.8) is 0 Å². The number of hydrogen-bond donors (Lipinski definition) is 2. The minimum absolute atomic E-state index is 0.257. The number of fused-ring (bicyclic) bond motifs is 2. The van der Waals surface area contributed by atoms with E-state index in [1.54, 1.807) is 0 Å². The number of nitrogens with one attached hydrogen (secondary N) is 2. The average Bonchev–Trinajstić information content (AvgIpc) is 2.92. The van der Waals surface area contributed by atoms with Gasteiger partial charge in [0.2, 0.25) is 20.0 Å². The molecule has 0 aliphatic carbocycles. The maximum atomic E-state index is 13.3. The molecule has 186 valence electrons. The molecule has 2 unspecified atom stereocenters. The van der Waals surface area contributed by atoms with Crippen molar-refractivity contribution in [3.05, 3.63) is 29.3 Å². The van der Waals surface area contributed by atoms with Crippen molar-refractivity contribution in [2.24, 2.45) is 0 Å². The summed E-state index contributed by atoms with van der Waals surface area (Å²) in [5.74, 6) is -0.857. The number of amides is 1. The Morgan fingerprint density at radius 2 is 1.58 bits per heavy atom. The Morgan fingerprint density at radius 3 is 2.03 bits per heavy atom. The van der Waals surface area contributed by atoms with Crippen LogP contribution < -0.4 is 10.0 Å². The van der Waals surface area contributed by atoms with E-state index in [0.717, 1.165) is 12.3 Å². The summed E-state index contributed by atoms with van der Waals surface area (Å²) < 4.78 is 91.5. The van der Waals surface area contributed by atoms with Crippen LogP contribution in [0.5, 0.6) is 0 Å². The van der Waals surface area contributed by atoms with Crippen molar-refractivity contribution in [2.75, 3.05) is 11.0 Å². The lowest BCUT2D eigenvalue weighted by atomic mass is 9.99. The van der Waals surface area contributed by atoms with E-state index >= 15 is 0 Å². The lowest BCUT2D eigenvalue weighted by Crippen LogP contribution is -2.52. The molecule has 1 aromatic rings. The molecule has 0 aromatic heterocycles. The van der Waals surface area contributed by atoms with Crippen molar-refractivity contribution in [1.82, 2.24) is 9.62 Å². The number of rotatable bonds is 5. The quantitative estimate of drug-likeness (QED) is 0.631. The van der Waals surface area contributed by atoms with Crippen molar-refractivity contribution >= 4 is 31.6 Å². The van der Waals surface area contributed by atoms with Gasteiger partial charge in [-0.1, -0.05) is 0 Å². The van der Waals surface area contributed by atoms with E-state index in [-0.39, 0.29) is 17.8 Å². The summed E-state index contributed by atoms with van der Waals surface area (Å²) in [5, 5.41) is 2.69. The van der Waals surface area contributed by atoms with Gasteiger partial charge in [-0.25, -0.2) is 16.8 Å². The first kappa shape index (κ1) is 25.8. The van der Waals surface area contributed by atoms with Gasteiger partial charge in [0, 0.05) is 18.1 Å². The molecule has 3 rings (SSSR count). The first-order valence-corrected chi connectivity index (χ1v) is 13.8.